The number of carbonyl (C=O) groups is 5. The van der Waals surface area contributed by atoms with Crippen molar-refractivity contribution in [3.05, 3.63) is 65.7 Å². The molecule has 2 aromatic rings. The lowest BCUT2D eigenvalue weighted by molar-refractivity contribution is -0.133. The fourth-order valence-corrected chi connectivity index (χ4v) is 6.30. The van der Waals surface area contributed by atoms with E-state index in [0.29, 0.717) is 38.6 Å². The van der Waals surface area contributed by atoms with Crippen molar-refractivity contribution >= 4 is 29.5 Å². The summed E-state index contributed by atoms with van der Waals surface area (Å²) in [5.74, 6) is -2.07. The Kier molecular flexibility index (Phi) is 19.4. The third-order valence-corrected chi connectivity index (χ3v) is 9.27. The molecule has 1 heterocycles. The van der Waals surface area contributed by atoms with Crippen LogP contribution in [0.4, 0.5) is 0 Å². The molecule has 12 nitrogen and oxygen atoms in total. The molecule has 12 heteroatoms. The molecule has 5 amide bonds. The highest BCUT2D eigenvalue weighted by molar-refractivity contribution is 6.00. The standard InChI is InChI=1S/C41H61N5O7/c1-4-5-6-7-8-9-13-23-37(48)42-24-17-16-21-33-39(50)43-31(26-30-18-11-10-12-19-30)28-53-36-22-15-14-20-32(36)38(49)46-35(27-47)41(52)45-34(25-29(2)3)40(51)44-33/h10-12,14-15,18-20,22,29,31,33-35,47H,4-9,13,16-17,21,23-28H2,1-3H3,(H,42,48)(H,43,50)(H,44,51)(H,45,52)(H,46,49)/t31-,33-,34-,35-/m0/s1. The number of aliphatic hydroxyl groups excluding tert-OH is 1. The molecule has 0 aromatic heterocycles. The number of amides is 5. The lowest BCUT2D eigenvalue weighted by atomic mass is 10.0. The zero-order valence-electron chi connectivity index (χ0n) is 31.8. The van der Waals surface area contributed by atoms with Gasteiger partial charge in [-0.3, -0.25) is 24.0 Å². The van der Waals surface area contributed by atoms with E-state index in [1.54, 1.807) is 24.3 Å². The molecule has 0 spiro atoms. The van der Waals surface area contributed by atoms with Crippen molar-refractivity contribution in [2.24, 2.45) is 5.92 Å². The minimum Gasteiger partial charge on any atom is -0.491 e. The maximum absolute atomic E-state index is 14.0. The third-order valence-electron chi connectivity index (χ3n) is 9.27. The average Bonchev–Trinajstić information content (AvgIpc) is 3.14. The van der Waals surface area contributed by atoms with Crippen LogP contribution in [0.5, 0.6) is 5.75 Å². The molecule has 3 rings (SSSR count). The Morgan fingerprint density at radius 2 is 1.42 bits per heavy atom. The predicted octanol–water partition coefficient (Wildman–Crippen LogP) is 4.34. The summed E-state index contributed by atoms with van der Waals surface area (Å²) in [7, 11) is 0. The van der Waals surface area contributed by atoms with Crippen LogP contribution in [0.25, 0.3) is 0 Å². The molecule has 0 unspecified atom stereocenters. The number of ether oxygens (including phenoxy) is 1. The van der Waals surface area contributed by atoms with Gasteiger partial charge in [-0.15, -0.1) is 0 Å². The zero-order valence-corrected chi connectivity index (χ0v) is 31.8. The van der Waals surface area contributed by atoms with Gasteiger partial charge in [0.25, 0.3) is 5.91 Å². The molecule has 4 atom stereocenters. The van der Waals surface area contributed by atoms with Gasteiger partial charge in [-0.1, -0.05) is 102 Å². The molecule has 0 saturated heterocycles. The van der Waals surface area contributed by atoms with E-state index in [2.05, 4.69) is 33.5 Å². The van der Waals surface area contributed by atoms with E-state index in [4.69, 9.17) is 4.74 Å². The van der Waals surface area contributed by atoms with Crippen LogP contribution in [-0.2, 0) is 25.6 Å². The highest BCUT2D eigenvalue weighted by Gasteiger charge is 2.31. The molecule has 53 heavy (non-hydrogen) atoms. The Balaban J connectivity index is 1.78. The summed E-state index contributed by atoms with van der Waals surface area (Å²) in [5, 5.41) is 24.3. The van der Waals surface area contributed by atoms with Gasteiger partial charge in [0.15, 0.2) is 0 Å². The maximum atomic E-state index is 14.0. The first kappa shape index (κ1) is 43.0. The van der Waals surface area contributed by atoms with Gasteiger partial charge in [0.2, 0.25) is 23.6 Å². The van der Waals surface area contributed by atoms with Crippen molar-refractivity contribution in [3.63, 3.8) is 0 Å². The van der Waals surface area contributed by atoms with Crippen LogP contribution in [0.2, 0.25) is 0 Å². The van der Waals surface area contributed by atoms with Gasteiger partial charge in [0.05, 0.1) is 18.2 Å². The van der Waals surface area contributed by atoms with Crippen molar-refractivity contribution in [2.45, 2.75) is 128 Å². The number of rotatable bonds is 18. The van der Waals surface area contributed by atoms with Crippen LogP contribution in [0.1, 0.15) is 114 Å². The lowest BCUT2D eigenvalue weighted by Crippen LogP contribution is -2.58. The van der Waals surface area contributed by atoms with E-state index in [0.717, 1.165) is 24.8 Å². The number of aliphatic hydroxyl groups is 1. The summed E-state index contributed by atoms with van der Waals surface area (Å²) in [4.78, 5) is 66.9. The molecule has 0 saturated carbocycles. The Labute approximate surface area is 315 Å². The molecule has 0 fully saturated rings. The fraction of sp³-hybridized carbons (Fsp3) is 0.585. The maximum Gasteiger partial charge on any atom is 0.255 e. The molecular weight excluding hydrogens is 674 g/mol. The van der Waals surface area contributed by atoms with E-state index in [1.807, 2.05) is 44.2 Å². The van der Waals surface area contributed by atoms with E-state index < -0.39 is 54.4 Å². The van der Waals surface area contributed by atoms with Crippen LogP contribution in [0.3, 0.4) is 0 Å². The van der Waals surface area contributed by atoms with E-state index in [9.17, 15) is 29.1 Å². The lowest BCUT2D eigenvalue weighted by Gasteiger charge is -2.28. The molecule has 0 aliphatic carbocycles. The predicted molar refractivity (Wildman–Crippen MR) is 205 cm³/mol. The number of para-hydroxylation sites is 1. The van der Waals surface area contributed by atoms with E-state index in [1.165, 1.54) is 25.7 Å². The number of hydrogen-bond donors (Lipinski definition) is 6. The summed E-state index contributed by atoms with van der Waals surface area (Å²) in [6, 6.07) is 12.3. The molecule has 0 radical (unpaired) electrons. The quantitative estimate of drug-likeness (QED) is 0.124. The monoisotopic (exact) mass is 735 g/mol. The first-order valence-corrected chi connectivity index (χ1v) is 19.5. The van der Waals surface area contributed by atoms with E-state index in [-0.39, 0.29) is 36.2 Å². The number of hydrogen-bond acceptors (Lipinski definition) is 7. The third kappa shape index (κ3) is 16.0. The summed E-state index contributed by atoms with van der Waals surface area (Å²) < 4.78 is 6.13. The Morgan fingerprint density at radius 3 is 2.13 bits per heavy atom. The van der Waals surface area contributed by atoms with Crippen LogP contribution in [0.15, 0.2) is 54.6 Å². The Hall–Kier alpha value is -4.45. The molecule has 6 N–H and O–H groups in total. The van der Waals surface area contributed by atoms with Crippen molar-refractivity contribution < 1.29 is 33.8 Å². The van der Waals surface area contributed by atoms with Crippen molar-refractivity contribution in [3.8, 4) is 5.75 Å². The molecule has 1 aliphatic rings. The van der Waals surface area contributed by atoms with Gasteiger partial charge < -0.3 is 36.4 Å². The second-order valence-corrected chi connectivity index (χ2v) is 14.4. The number of unbranched alkanes of at least 4 members (excludes halogenated alkanes) is 7. The smallest absolute Gasteiger partial charge is 0.255 e. The van der Waals surface area contributed by atoms with Crippen LogP contribution < -0.4 is 31.3 Å². The van der Waals surface area contributed by atoms with Crippen molar-refractivity contribution in [2.75, 3.05) is 19.8 Å². The normalized spacial score (nSPS) is 20.0. The molecule has 2 aromatic carbocycles. The molecule has 292 valence electrons. The molecule has 0 bridgehead atoms. The first-order chi connectivity index (χ1) is 25.6. The number of carbonyl (C=O) groups excluding carboxylic acids is 5. The van der Waals surface area contributed by atoms with Gasteiger partial charge in [-0.25, -0.2) is 0 Å². The van der Waals surface area contributed by atoms with Gasteiger partial charge in [0, 0.05) is 13.0 Å². The fourth-order valence-electron chi connectivity index (χ4n) is 6.30. The topological polar surface area (TPSA) is 175 Å². The van der Waals surface area contributed by atoms with Crippen molar-refractivity contribution in [1.29, 1.82) is 0 Å². The van der Waals surface area contributed by atoms with Crippen molar-refractivity contribution in [1.82, 2.24) is 26.6 Å². The summed E-state index contributed by atoms with van der Waals surface area (Å²) in [6.45, 7) is 5.77. The summed E-state index contributed by atoms with van der Waals surface area (Å²) in [5.41, 5.74) is 1.11. The van der Waals surface area contributed by atoms with Crippen LogP contribution in [-0.4, -0.2) is 78.6 Å². The zero-order chi connectivity index (χ0) is 38.4. The largest absolute Gasteiger partial charge is 0.491 e. The van der Waals surface area contributed by atoms with Crippen LogP contribution in [0, 0.1) is 5.92 Å². The van der Waals surface area contributed by atoms with Gasteiger partial charge >= 0.3 is 0 Å². The minimum absolute atomic E-state index is 0.00459. The molecule has 1 aliphatic heterocycles. The van der Waals surface area contributed by atoms with Gasteiger partial charge in [0.1, 0.15) is 30.5 Å². The summed E-state index contributed by atoms with van der Waals surface area (Å²) in [6.07, 6.45) is 10.6. The van der Waals surface area contributed by atoms with Gasteiger partial charge in [-0.05, 0) is 62.1 Å². The van der Waals surface area contributed by atoms with Gasteiger partial charge in [-0.2, -0.15) is 0 Å². The Morgan fingerprint density at radius 1 is 0.774 bits per heavy atom. The number of nitrogens with one attached hydrogen (secondary N) is 5. The second kappa shape index (κ2) is 24.0. The van der Waals surface area contributed by atoms with E-state index >= 15 is 0 Å². The SMILES string of the molecule is CCCCCCCCCC(=O)NCCCC[C@@H]1NC(=O)[C@H](CC(C)C)NC(=O)[C@H](CO)NC(=O)c2ccccc2OC[C@H](Cc2ccccc2)NC1=O. The number of fused-ring (bicyclic) bond motifs is 1. The average molecular weight is 736 g/mol. The summed E-state index contributed by atoms with van der Waals surface area (Å²) >= 11 is 0. The first-order valence-electron chi connectivity index (χ1n) is 19.5. The highest BCUT2D eigenvalue weighted by Crippen LogP contribution is 2.19. The second-order valence-electron chi connectivity index (χ2n) is 14.4. The minimum atomic E-state index is -1.34. The number of benzene rings is 2. The highest BCUT2D eigenvalue weighted by atomic mass is 16.5. The van der Waals surface area contributed by atoms with Crippen LogP contribution >= 0.6 is 0 Å². The molecular formula is C41H61N5O7. The Bertz CT molecular complexity index is 1440.